The van der Waals surface area contributed by atoms with E-state index in [1.165, 1.54) is 7.11 Å². The van der Waals surface area contributed by atoms with Crippen molar-refractivity contribution in [3.05, 3.63) is 34.3 Å². The van der Waals surface area contributed by atoms with Crippen molar-refractivity contribution in [1.29, 1.82) is 0 Å². The molecule has 0 aliphatic carbocycles. The van der Waals surface area contributed by atoms with Crippen molar-refractivity contribution in [3.8, 4) is 0 Å². The molecule has 0 saturated heterocycles. The van der Waals surface area contributed by atoms with Crippen LogP contribution in [-0.2, 0) is 14.3 Å². The number of hydrogen-bond donors (Lipinski definition) is 2. The third kappa shape index (κ3) is 6.81. The number of ether oxygens (including phenoxy) is 1. The third-order valence-electron chi connectivity index (χ3n) is 3.02. The molecular formula is C16H21BrN2O4. The zero-order valence-electron chi connectivity index (χ0n) is 13.4. The molecule has 2 N–H and O–H groups in total. The average Bonchev–Trinajstić information content (AvgIpc) is 2.50. The molecule has 0 fully saturated rings. The van der Waals surface area contributed by atoms with Gasteiger partial charge in [-0.1, -0.05) is 35.8 Å². The van der Waals surface area contributed by atoms with Gasteiger partial charge in [-0.2, -0.15) is 0 Å². The van der Waals surface area contributed by atoms with E-state index in [0.29, 0.717) is 12.0 Å². The van der Waals surface area contributed by atoms with Gasteiger partial charge >= 0.3 is 5.97 Å². The van der Waals surface area contributed by atoms with Gasteiger partial charge in [-0.25, -0.2) is 4.79 Å². The fourth-order valence-electron chi connectivity index (χ4n) is 1.97. The highest BCUT2D eigenvalue weighted by molar-refractivity contribution is 9.10. The highest BCUT2D eigenvalue weighted by atomic mass is 79.9. The smallest absolute Gasteiger partial charge is 0.328 e. The van der Waals surface area contributed by atoms with Crippen LogP contribution in [0.15, 0.2) is 28.7 Å². The van der Waals surface area contributed by atoms with Crippen molar-refractivity contribution >= 4 is 33.7 Å². The van der Waals surface area contributed by atoms with Crippen molar-refractivity contribution in [1.82, 2.24) is 10.6 Å². The lowest BCUT2D eigenvalue weighted by atomic mass is 10.0. The fourth-order valence-corrected chi connectivity index (χ4v) is 2.36. The van der Waals surface area contributed by atoms with Crippen LogP contribution in [0.3, 0.4) is 0 Å². The summed E-state index contributed by atoms with van der Waals surface area (Å²) in [5, 5.41) is 5.10. The number of hydrogen-bond acceptors (Lipinski definition) is 4. The van der Waals surface area contributed by atoms with Gasteiger partial charge < -0.3 is 15.4 Å². The maximum absolute atomic E-state index is 12.0. The number of esters is 1. The Labute approximate surface area is 144 Å². The summed E-state index contributed by atoms with van der Waals surface area (Å²) in [7, 11) is 1.27. The molecule has 0 aromatic heterocycles. The minimum atomic E-state index is -0.713. The van der Waals surface area contributed by atoms with Crippen LogP contribution in [-0.4, -0.2) is 37.5 Å². The van der Waals surface area contributed by atoms with Crippen molar-refractivity contribution in [2.45, 2.75) is 26.3 Å². The van der Waals surface area contributed by atoms with Crippen molar-refractivity contribution < 1.29 is 19.1 Å². The predicted octanol–water partition coefficient (Wildman–Crippen LogP) is 1.88. The number of nitrogens with one attached hydrogen (secondary N) is 2. The minimum absolute atomic E-state index is 0.211. The number of carbonyl (C=O) groups excluding carboxylic acids is 3. The van der Waals surface area contributed by atoms with Gasteiger partial charge in [-0.3, -0.25) is 9.59 Å². The molecule has 0 spiro atoms. The Morgan fingerprint density at radius 1 is 1.26 bits per heavy atom. The van der Waals surface area contributed by atoms with E-state index in [9.17, 15) is 14.4 Å². The molecule has 23 heavy (non-hydrogen) atoms. The van der Waals surface area contributed by atoms with E-state index in [0.717, 1.165) is 4.47 Å². The lowest BCUT2D eigenvalue weighted by Crippen LogP contribution is -2.46. The van der Waals surface area contributed by atoms with Crippen LogP contribution in [0.25, 0.3) is 0 Å². The second kappa shape index (κ2) is 9.29. The summed E-state index contributed by atoms with van der Waals surface area (Å²) >= 11 is 3.28. The summed E-state index contributed by atoms with van der Waals surface area (Å²) < 4.78 is 5.45. The third-order valence-corrected chi connectivity index (χ3v) is 3.52. The number of halogens is 1. The number of methoxy groups -OCH3 is 1. The molecule has 1 aromatic carbocycles. The topological polar surface area (TPSA) is 84.5 Å². The number of rotatable bonds is 7. The summed E-state index contributed by atoms with van der Waals surface area (Å²) in [6.07, 6.45) is 0.470. The molecule has 1 unspecified atom stereocenters. The highest BCUT2D eigenvalue weighted by Crippen LogP contribution is 2.11. The molecule has 0 aliphatic rings. The minimum Gasteiger partial charge on any atom is -0.467 e. The molecule has 6 nitrogen and oxygen atoms in total. The van der Waals surface area contributed by atoms with Crippen LogP contribution in [0.1, 0.15) is 30.6 Å². The van der Waals surface area contributed by atoms with Crippen molar-refractivity contribution in [2.24, 2.45) is 5.92 Å². The Bertz CT molecular complexity index is 575. The fraction of sp³-hybridized carbons (Fsp3) is 0.438. The molecule has 1 rings (SSSR count). The Morgan fingerprint density at radius 3 is 2.52 bits per heavy atom. The van der Waals surface area contributed by atoms with Crippen molar-refractivity contribution in [2.75, 3.05) is 13.7 Å². The van der Waals surface area contributed by atoms with E-state index in [1.54, 1.807) is 24.3 Å². The van der Waals surface area contributed by atoms with E-state index < -0.39 is 17.9 Å². The second-order valence-electron chi connectivity index (χ2n) is 5.47. The predicted molar refractivity (Wildman–Crippen MR) is 89.9 cm³/mol. The van der Waals surface area contributed by atoms with Crippen LogP contribution in [0.4, 0.5) is 0 Å². The molecule has 2 amide bonds. The van der Waals surface area contributed by atoms with Crippen LogP contribution in [0.5, 0.6) is 0 Å². The monoisotopic (exact) mass is 384 g/mol. The Balaban J connectivity index is 2.54. The van der Waals surface area contributed by atoms with Gasteiger partial charge in [-0.15, -0.1) is 0 Å². The van der Waals surface area contributed by atoms with Crippen LogP contribution in [0, 0.1) is 5.92 Å². The van der Waals surface area contributed by atoms with Crippen LogP contribution in [0.2, 0.25) is 0 Å². The molecule has 0 radical (unpaired) electrons. The van der Waals surface area contributed by atoms with Crippen LogP contribution < -0.4 is 10.6 Å². The summed E-state index contributed by atoms with van der Waals surface area (Å²) in [6, 6.07) is 6.12. The van der Waals surface area contributed by atoms with Gasteiger partial charge in [0.2, 0.25) is 5.91 Å². The summed E-state index contributed by atoms with van der Waals surface area (Å²) in [5.74, 6) is -1.08. The lowest BCUT2D eigenvalue weighted by molar-refractivity contribution is -0.145. The van der Waals surface area contributed by atoms with Gasteiger partial charge in [0.15, 0.2) is 0 Å². The first-order chi connectivity index (χ1) is 10.8. The number of benzene rings is 1. The molecular weight excluding hydrogens is 364 g/mol. The second-order valence-corrected chi connectivity index (χ2v) is 6.38. The molecule has 0 aliphatic heterocycles. The van der Waals surface area contributed by atoms with Gasteiger partial charge in [0, 0.05) is 10.0 Å². The van der Waals surface area contributed by atoms with E-state index in [1.807, 2.05) is 13.8 Å². The zero-order valence-corrected chi connectivity index (χ0v) is 15.0. The molecule has 7 heteroatoms. The number of carbonyl (C=O) groups is 3. The Hall–Kier alpha value is -1.89. The summed E-state index contributed by atoms with van der Waals surface area (Å²) in [6.45, 7) is 3.67. The first kappa shape index (κ1) is 19.2. The van der Waals surface area contributed by atoms with Crippen molar-refractivity contribution in [3.63, 3.8) is 0 Å². The molecule has 126 valence electrons. The lowest BCUT2D eigenvalue weighted by Gasteiger charge is -2.18. The van der Waals surface area contributed by atoms with E-state index in [4.69, 9.17) is 0 Å². The molecule has 1 atom stereocenters. The summed E-state index contributed by atoms with van der Waals surface area (Å²) in [4.78, 5) is 35.5. The number of amides is 2. The first-order valence-electron chi connectivity index (χ1n) is 7.24. The van der Waals surface area contributed by atoms with E-state index in [-0.39, 0.29) is 18.4 Å². The van der Waals surface area contributed by atoms with E-state index in [2.05, 4.69) is 31.3 Å². The molecule has 0 bridgehead atoms. The molecule has 1 aromatic rings. The van der Waals surface area contributed by atoms with Gasteiger partial charge in [-0.05, 0) is 30.5 Å². The maximum atomic E-state index is 12.0. The molecule has 0 saturated carbocycles. The van der Waals surface area contributed by atoms with Crippen LogP contribution >= 0.6 is 15.9 Å². The molecule has 0 heterocycles. The highest BCUT2D eigenvalue weighted by Gasteiger charge is 2.22. The summed E-state index contributed by atoms with van der Waals surface area (Å²) in [5.41, 5.74) is 0.443. The zero-order chi connectivity index (χ0) is 17.4. The van der Waals surface area contributed by atoms with E-state index >= 15 is 0 Å². The van der Waals surface area contributed by atoms with Gasteiger partial charge in [0.1, 0.15) is 6.04 Å². The standard InChI is InChI=1S/C16H21BrN2O4/c1-10(2)7-13(16(22)23-3)19-14(20)9-18-15(21)11-5-4-6-12(17)8-11/h4-6,8,10,13H,7,9H2,1-3H3,(H,18,21)(H,19,20). The average molecular weight is 385 g/mol. The largest absolute Gasteiger partial charge is 0.467 e. The Morgan fingerprint density at radius 2 is 1.96 bits per heavy atom. The van der Waals surface area contributed by atoms with Gasteiger partial charge in [0.25, 0.3) is 5.91 Å². The SMILES string of the molecule is COC(=O)C(CC(C)C)NC(=O)CNC(=O)c1cccc(Br)c1. The maximum Gasteiger partial charge on any atom is 0.328 e. The Kier molecular flexibility index (Phi) is 7.74. The normalized spacial score (nSPS) is 11.7. The first-order valence-corrected chi connectivity index (χ1v) is 8.03. The quantitative estimate of drug-likeness (QED) is 0.702. The van der Waals surface area contributed by atoms with Gasteiger partial charge in [0.05, 0.1) is 13.7 Å².